The number of aromatic nitrogens is 2. The monoisotopic (exact) mass is 229 g/mol. The summed E-state index contributed by atoms with van der Waals surface area (Å²) in [5.74, 6) is 0.189. The Morgan fingerprint density at radius 1 is 1.29 bits per heavy atom. The van der Waals surface area contributed by atoms with Crippen LogP contribution in [0.25, 0.3) is 0 Å². The molecule has 1 aromatic carbocycles. The first-order valence-corrected chi connectivity index (χ1v) is 5.01. The molecule has 1 heterocycles. The Balaban J connectivity index is 2.14. The maximum atomic E-state index is 11.7. The number of nitrogen functional groups attached to an aromatic ring is 1. The Hall–Kier alpha value is -2.43. The van der Waals surface area contributed by atoms with Gasteiger partial charge in [-0.15, -0.1) is 0 Å². The fourth-order valence-corrected chi connectivity index (χ4v) is 1.28. The number of aryl methyl sites for hydroxylation is 1. The highest BCUT2D eigenvalue weighted by atomic mass is 16.5. The third-order valence-corrected chi connectivity index (χ3v) is 2.08. The van der Waals surface area contributed by atoms with E-state index in [1.807, 2.05) is 19.1 Å². The molecule has 2 rings (SSSR count). The first kappa shape index (κ1) is 11.1. The van der Waals surface area contributed by atoms with Gasteiger partial charge in [0.05, 0.1) is 12.4 Å². The van der Waals surface area contributed by atoms with Crippen LogP contribution in [0.1, 0.15) is 16.1 Å². The smallest absolute Gasteiger partial charge is 0.363 e. The molecular formula is C12H11N3O2. The summed E-state index contributed by atoms with van der Waals surface area (Å²) in [5, 5.41) is 0. The first-order chi connectivity index (χ1) is 8.15. The second-order valence-electron chi connectivity index (χ2n) is 3.53. The van der Waals surface area contributed by atoms with E-state index in [-0.39, 0.29) is 11.5 Å². The number of esters is 1. The molecule has 0 aliphatic carbocycles. The van der Waals surface area contributed by atoms with Crippen molar-refractivity contribution in [3.8, 4) is 5.75 Å². The van der Waals surface area contributed by atoms with Gasteiger partial charge in [0.2, 0.25) is 0 Å². The zero-order valence-corrected chi connectivity index (χ0v) is 9.25. The normalized spacial score (nSPS) is 9.94. The van der Waals surface area contributed by atoms with E-state index in [0.717, 1.165) is 5.56 Å². The molecule has 5 heteroatoms. The Labute approximate surface area is 98.3 Å². The highest BCUT2D eigenvalue weighted by Crippen LogP contribution is 2.13. The number of anilines is 1. The molecular weight excluding hydrogens is 218 g/mol. The van der Waals surface area contributed by atoms with Crippen LogP contribution in [0.4, 0.5) is 5.82 Å². The lowest BCUT2D eigenvalue weighted by molar-refractivity contribution is 0.0728. The largest absolute Gasteiger partial charge is 0.422 e. The van der Waals surface area contributed by atoms with Crippen molar-refractivity contribution in [3.05, 3.63) is 47.9 Å². The minimum absolute atomic E-state index is 0.126. The number of hydrogen-bond donors (Lipinski definition) is 1. The second-order valence-corrected chi connectivity index (χ2v) is 3.53. The van der Waals surface area contributed by atoms with Crippen LogP contribution >= 0.6 is 0 Å². The number of benzene rings is 1. The Bertz CT molecular complexity index is 538. The summed E-state index contributed by atoms with van der Waals surface area (Å²) in [6.45, 7) is 1.92. The lowest BCUT2D eigenvalue weighted by atomic mass is 10.2. The van der Waals surface area contributed by atoms with Gasteiger partial charge in [-0.2, -0.15) is 0 Å². The molecule has 0 fully saturated rings. The van der Waals surface area contributed by atoms with E-state index in [4.69, 9.17) is 10.5 Å². The third-order valence-electron chi connectivity index (χ3n) is 2.08. The SMILES string of the molecule is Cc1cccc(OC(=O)c2cnc(N)cn2)c1. The van der Waals surface area contributed by atoms with E-state index in [1.165, 1.54) is 12.4 Å². The highest BCUT2D eigenvalue weighted by molar-refractivity contribution is 5.88. The minimum atomic E-state index is -0.553. The van der Waals surface area contributed by atoms with Crippen LogP contribution in [0.5, 0.6) is 5.75 Å². The fraction of sp³-hybridized carbons (Fsp3) is 0.0833. The van der Waals surface area contributed by atoms with Gasteiger partial charge in [-0.1, -0.05) is 12.1 Å². The highest BCUT2D eigenvalue weighted by Gasteiger charge is 2.10. The first-order valence-electron chi connectivity index (χ1n) is 5.01. The quantitative estimate of drug-likeness (QED) is 0.625. The summed E-state index contributed by atoms with van der Waals surface area (Å²) < 4.78 is 5.14. The molecule has 0 saturated carbocycles. The predicted octanol–water partition coefficient (Wildman–Crippen LogP) is 1.59. The molecule has 0 radical (unpaired) electrons. The van der Waals surface area contributed by atoms with Crippen molar-refractivity contribution in [1.29, 1.82) is 0 Å². The lowest BCUT2D eigenvalue weighted by Crippen LogP contribution is -2.11. The summed E-state index contributed by atoms with van der Waals surface area (Å²) >= 11 is 0. The van der Waals surface area contributed by atoms with Gasteiger partial charge in [0.15, 0.2) is 5.69 Å². The predicted molar refractivity (Wildman–Crippen MR) is 62.6 cm³/mol. The number of carbonyl (C=O) groups is 1. The number of carbonyl (C=O) groups excluding carboxylic acids is 1. The van der Waals surface area contributed by atoms with E-state index in [1.54, 1.807) is 12.1 Å². The van der Waals surface area contributed by atoms with Crippen LogP contribution in [0.15, 0.2) is 36.7 Å². The number of nitrogens with zero attached hydrogens (tertiary/aromatic N) is 2. The van der Waals surface area contributed by atoms with Crippen molar-refractivity contribution in [3.63, 3.8) is 0 Å². The molecule has 1 aromatic heterocycles. The van der Waals surface area contributed by atoms with Crippen molar-refractivity contribution in [2.24, 2.45) is 0 Å². The molecule has 0 spiro atoms. The number of nitrogens with two attached hydrogens (primary N) is 1. The van der Waals surface area contributed by atoms with E-state index >= 15 is 0 Å². The molecule has 2 aromatic rings. The summed E-state index contributed by atoms with van der Waals surface area (Å²) in [6, 6.07) is 7.20. The molecule has 0 saturated heterocycles. The van der Waals surface area contributed by atoms with E-state index < -0.39 is 5.97 Å². The Kier molecular flexibility index (Phi) is 3.00. The van der Waals surface area contributed by atoms with Gasteiger partial charge in [0.25, 0.3) is 0 Å². The molecule has 2 N–H and O–H groups in total. The zero-order valence-electron chi connectivity index (χ0n) is 9.25. The van der Waals surface area contributed by atoms with Gasteiger partial charge in [-0.25, -0.2) is 14.8 Å². The van der Waals surface area contributed by atoms with Gasteiger partial charge in [0.1, 0.15) is 11.6 Å². The molecule has 0 atom stereocenters. The maximum absolute atomic E-state index is 11.7. The van der Waals surface area contributed by atoms with Crippen LogP contribution in [0.2, 0.25) is 0 Å². The van der Waals surface area contributed by atoms with Gasteiger partial charge in [-0.3, -0.25) is 0 Å². The number of hydrogen-bond acceptors (Lipinski definition) is 5. The molecule has 0 unspecified atom stereocenters. The van der Waals surface area contributed by atoms with Gasteiger partial charge >= 0.3 is 5.97 Å². The van der Waals surface area contributed by atoms with Gasteiger partial charge in [-0.05, 0) is 24.6 Å². The molecule has 5 nitrogen and oxygen atoms in total. The lowest BCUT2D eigenvalue weighted by Gasteiger charge is -2.04. The molecule has 0 amide bonds. The molecule has 17 heavy (non-hydrogen) atoms. The third kappa shape index (κ3) is 2.78. The number of rotatable bonds is 2. The molecule has 86 valence electrons. The summed E-state index contributed by atoms with van der Waals surface area (Å²) in [6.07, 6.45) is 2.60. The van der Waals surface area contributed by atoms with Crippen molar-refractivity contribution in [1.82, 2.24) is 9.97 Å². The summed E-state index contributed by atoms with van der Waals surface area (Å²) in [4.78, 5) is 19.3. The standard InChI is InChI=1S/C12H11N3O2/c1-8-3-2-4-9(5-8)17-12(16)10-6-15-11(13)7-14-10/h2-7H,1H3,(H2,13,15). The Morgan fingerprint density at radius 2 is 2.12 bits per heavy atom. The van der Waals surface area contributed by atoms with Crippen LogP contribution in [0, 0.1) is 6.92 Å². The van der Waals surface area contributed by atoms with Crippen LogP contribution in [-0.2, 0) is 0 Å². The van der Waals surface area contributed by atoms with Crippen molar-refractivity contribution in [2.45, 2.75) is 6.92 Å². The molecule has 0 aliphatic rings. The van der Waals surface area contributed by atoms with E-state index in [9.17, 15) is 4.79 Å². The number of ether oxygens (including phenoxy) is 1. The molecule has 0 aliphatic heterocycles. The molecule has 0 bridgehead atoms. The summed E-state index contributed by atoms with van der Waals surface area (Å²) in [5.41, 5.74) is 6.51. The van der Waals surface area contributed by atoms with Crippen LogP contribution in [-0.4, -0.2) is 15.9 Å². The average molecular weight is 229 g/mol. The topological polar surface area (TPSA) is 78.1 Å². The van der Waals surface area contributed by atoms with Gasteiger partial charge < -0.3 is 10.5 Å². The maximum Gasteiger partial charge on any atom is 0.363 e. The van der Waals surface area contributed by atoms with Crippen molar-refractivity contribution in [2.75, 3.05) is 5.73 Å². The minimum Gasteiger partial charge on any atom is -0.422 e. The average Bonchev–Trinajstić information content (AvgIpc) is 2.29. The zero-order chi connectivity index (χ0) is 12.3. The Morgan fingerprint density at radius 3 is 2.76 bits per heavy atom. The van der Waals surface area contributed by atoms with Crippen molar-refractivity contribution >= 4 is 11.8 Å². The fourth-order valence-electron chi connectivity index (χ4n) is 1.28. The van der Waals surface area contributed by atoms with E-state index in [2.05, 4.69) is 9.97 Å². The van der Waals surface area contributed by atoms with Crippen LogP contribution < -0.4 is 10.5 Å². The van der Waals surface area contributed by atoms with Crippen molar-refractivity contribution < 1.29 is 9.53 Å². The van der Waals surface area contributed by atoms with Gasteiger partial charge in [0, 0.05) is 0 Å². The van der Waals surface area contributed by atoms with E-state index in [0.29, 0.717) is 5.75 Å². The van der Waals surface area contributed by atoms with Crippen LogP contribution in [0.3, 0.4) is 0 Å². The summed E-state index contributed by atoms with van der Waals surface area (Å²) in [7, 11) is 0. The second kappa shape index (κ2) is 4.61.